The van der Waals surface area contributed by atoms with Gasteiger partial charge in [0.25, 0.3) is 41.4 Å². The molecule has 10 aromatic carbocycles. The minimum atomic E-state index is -1.14. The molecule has 7 atom stereocenters. The summed E-state index contributed by atoms with van der Waals surface area (Å²) in [6.45, 7) is 19.6. The van der Waals surface area contributed by atoms with Gasteiger partial charge in [-0.1, -0.05) is 300 Å². The van der Waals surface area contributed by atoms with E-state index < -0.39 is 64.4 Å². The first-order valence-electron chi connectivity index (χ1n) is 44.3. The van der Waals surface area contributed by atoms with Gasteiger partial charge in [-0.05, 0) is 192 Å². The molecular formula is C101H92Cl14N14O12S. The molecule has 3 aliphatic heterocycles. The Morgan fingerprint density at radius 2 is 1.11 bits per heavy atom. The number of aromatic nitrogens is 2. The summed E-state index contributed by atoms with van der Waals surface area (Å²) in [5.41, 5.74) is 8.96. The monoisotopic (exact) mass is 2210 g/mol. The molecule has 11 aromatic rings. The summed E-state index contributed by atoms with van der Waals surface area (Å²) < 4.78 is 19.0. The molecule has 0 aliphatic carbocycles. The molecule has 26 nitrogen and oxygen atoms in total. The van der Waals surface area contributed by atoms with Gasteiger partial charge in [-0.3, -0.25) is 53.3 Å². The summed E-state index contributed by atoms with van der Waals surface area (Å²) in [6.07, 6.45) is 5.46. The number of unbranched alkanes of at least 4 members (excludes halogenated alkanes) is 1. The number of benzene rings is 10. The Labute approximate surface area is 894 Å². The van der Waals surface area contributed by atoms with Crippen molar-refractivity contribution in [3.63, 3.8) is 0 Å². The van der Waals surface area contributed by atoms with Crippen LogP contribution < -0.4 is 56.5 Å². The lowest BCUT2D eigenvalue weighted by atomic mass is 9.73. The van der Waals surface area contributed by atoms with Gasteiger partial charge in [-0.15, -0.1) is 16.9 Å². The largest absolute Gasteiger partial charge is 0.480 e. The molecule has 0 bridgehead atoms. The van der Waals surface area contributed by atoms with Crippen LogP contribution in [-0.4, -0.2) is 105 Å². The number of rotatable bonds is 31. The minimum absolute atomic E-state index is 0.0644. The number of hydrazone groups is 2. The quantitative estimate of drug-likeness (QED) is 0.0102. The summed E-state index contributed by atoms with van der Waals surface area (Å²) in [6, 6.07) is 50.4. The highest BCUT2D eigenvalue weighted by molar-refractivity contribution is 8.01. The Morgan fingerprint density at radius 1 is 0.549 bits per heavy atom. The average molecular weight is 2220 g/mol. The molecule has 7 unspecified atom stereocenters. The first-order chi connectivity index (χ1) is 67.6. The van der Waals surface area contributed by atoms with Crippen molar-refractivity contribution in [2.45, 2.75) is 155 Å². The van der Waals surface area contributed by atoms with E-state index in [2.05, 4.69) is 47.3 Å². The predicted molar refractivity (Wildman–Crippen MR) is 572 cm³/mol. The summed E-state index contributed by atoms with van der Waals surface area (Å²) in [5.74, 6) is -2.88. The maximum absolute atomic E-state index is 14.5. The lowest BCUT2D eigenvalue weighted by Crippen LogP contribution is -2.45. The summed E-state index contributed by atoms with van der Waals surface area (Å²) in [5, 5.41) is 30.0. The van der Waals surface area contributed by atoms with Gasteiger partial charge in [0.1, 0.15) is 45.5 Å². The van der Waals surface area contributed by atoms with Crippen molar-refractivity contribution in [2.24, 2.45) is 26.5 Å². The van der Waals surface area contributed by atoms with Crippen LogP contribution in [0.4, 0.5) is 39.8 Å². The number of nitrogens with zero attached hydrogens (tertiary/aromatic N) is 8. The first-order valence-corrected chi connectivity index (χ1v) is 50.5. The van der Waals surface area contributed by atoms with Gasteiger partial charge in [0.2, 0.25) is 5.91 Å². The normalized spacial score (nSPS) is 15.4. The second-order valence-electron chi connectivity index (χ2n) is 33.2. The molecule has 8 amide bonds. The molecule has 1 saturated heterocycles. The van der Waals surface area contributed by atoms with Crippen molar-refractivity contribution < 1.29 is 57.4 Å². The molecule has 0 saturated carbocycles. The van der Waals surface area contributed by atoms with E-state index in [1.54, 1.807) is 79.0 Å². The van der Waals surface area contributed by atoms with Crippen molar-refractivity contribution in [2.75, 3.05) is 37.6 Å². The van der Waals surface area contributed by atoms with Crippen LogP contribution in [0.2, 0.25) is 70.3 Å². The second kappa shape index (κ2) is 49.8. The van der Waals surface area contributed by atoms with Crippen LogP contribution in [0.5, 0.6) is 11.5 Å². The van der Waals surface area contributed by atoms with E-state index in [0.717, 1.165) is 67.4 Å². The van der Waals surface area contributed by atoms with Crippen LogP contribution in [0.15, 0.2) is 214 Å². The topological polar surface area (TPSA) is 318 Å². The molecule has 142 heavy (non-hydrogen) atoms. The fourth-order valence-corrected chi connectivity index (χ4v) is 20.1. The van der Waals surface area contributed by atoms with Gasteiger partial charge in [0, 0.05) is 49.7 Å². The molecular weight excluding hydrogens is 2130 g/mol. The van der Waals surface area contributed by atoms with Crippen molar-refractivity contribution in [1.29, 1.82) is 0 Å². The first kappa shape index (κ1) is 110. The van der Waals surface area contributed by atoms with Gasteiger partial charge in [-0.25, -0.2) is 10.0 Å². The van der Waals surface area contributed by atoms with E-state index in [4.69, 9.17) is 182 Å². The lowest BCUT2D eigenvalue weighted by molar-refractivity contribution is -0.148. The molecule has 1 fully saturated rings. The number of para-hydroxylation sites is 1. The highest BCUT2D eigenvalue weighted by atomic mass is 35.5. The van der Waals surface area contributed by atoms with Crippen molar-refractivity contribution in [3.8, 4) is 11.5 Å². The second-order valence-corrected chi connectivity index (χ2v) is 40.0. The fourth-order valence-electron chi connectivity index (χ4n) is 15.1. The third-order valence-electron chi connectivity index (χ3n) is 22.7. The van der Waals surface area contributed by atoms with Crippen LogP contribution in [0, 0.1) is 39.0 Å². The number of amides is 8. The SMILES string of the molecule is CCC(Oc1ccc(C)cc1C)C(=O)Nc1cccc(C(=O)NC2=NN(c3c(Cl)cc(Cl)cc3Cl)C(=O)C2)c1.CCC(Oc1ccc(C)cc1C)C(=O)Nc1ccccc1SC1C(=O)N(c2c(Cl)c(Cl)c(Cl)c(Cl)c2Cl)NC1=Nc1cc(NC(=O)c2c(Cl)cccc2Cl)ccc1Cl.CCCCOC(=O)C(C)CC(CC(C)(CC)C(=O)NC1=NN(c2c(Cl)cc(Cl)cc2Cl)C(=O)C1n1cccn1)c1ccccc1. The number of hydrogen-bond donors (Lipinski definition) is 6. The maximum Gasteiger partial charge on any atom is 0.308 e. The smallest absolute Gasteiger partial charge is 0.308 e. The standard InChI is InChI=1S/C40H29Cl8N5O4S.C33H38Cl3N5O4.C28H25Cl3N4O4/c1-4-26(57-27-15-12-18(2)16-19(27)3)38(54)51-24-10-5-6-11-28(24)58-36-37(52-53(40(36)56)35-33(47)31(45)30(44)32(46)34(35)48)50-25-17-20(13-14-21(25)41)49-39(55)29-22(42)8-7-9-23(29)43;1-5-7-16-45-31(43)21(3)17-23(22-12-9-8-10-13-22)20-33(4,6-2)32(44)38-29-28(40-15-11-14-37-40)30(42)41(39-29)27-25(35)18-24(34)19-26(27)36;1-4-22(39-23-9-8-15(2)10-16(23)3)28(38)32-19-7-5-6-17(11-19)27(37)33-24-14-25(36)35(34-24)26-20(30)12-18(29)13-21(26)31/h5-17,26,36H,4H2,1-3H3,(H,49,55)(H,50,52)(H,51,54);8-15,18-19,21,23,28H,5-7,16-17,20H2,1-4H3,(H,38,39,44);5-13,22H,4,14H2,1-3H3,(H,32,38)(H,33,34,37). The molecule has 0 radical (unpaired) electrons. The zero-order chi connectivity index (χ0) is 103. The van der Waals surface area contributed by atoms with E-state index >= 15 is 0 Å². The number of thioether (sulfide) groups is 1. The van der Waals surface area contributed by atoms with Crippen LogP contribution in [-0.2, 0) is 38.3 Å². The van der Waals surface area contributed by atoms with Crippen LogP contribution >= 0.6 is 174 Å². The van der Waals surface area contributed by atoms with Crippen LogP contribution in [0.3, 0.4) is 0 Å². The number of nitrogens with one attached hydrogen (secondary N) is 6. The number of halogens is 14. The Kier molecular flexibility index (Phi) is 38.7. The molecule has 14 rings (SSSR count). The van der Waals surface area contributed by atoms with Crippen LogP contribution in [0.25, 0.3) is 0 Å². The lowest BCUT2D eigenvalue weighted by Gasteiger charge is -2.32. The zero-order valence-corrected chi connectivity index (χ0v) is 88.9. The van der Waals surface area contributed by atoms with Gasteiger partial charge in [0.15, 0.2) is 24.1 Å². The van der Waals surface area contributed by atoms with E-state index in [9.17, 15) is 43.2 Å². The Morgan fingerprint density at radius 3 is 1.68 bits per heavy atom. The maximum atomic E-state index is 14.5. The number of hydrazine groups is 1. The molecule has 6 N–H and O–H groups in total. The number of ether oxygens (including phenoxy) is 3. The zero-order valence-electron chi connectivity index (χ0n) is 77.5. The third kappa shape index (κ3) is 27.0. The minimum Gasteiger partial charge on any atom is -0.480 e. The van der Waals surface area contributed by atoms with Crippen molar-refractivity contribution in [3.05, 3.63) is 304 Å². The number of esters is 1. The fraction of sp³-hybridized carbons (Fsp3) is 0.257. The molecule has 1 aromatic heterocycles. The molecule has 4 heterocycles. The highest BCUT2D eigenvalue weighted by Gasteiger charge is 2.46. The Bertz CT molecular complexity index is 6670. The van der Waals surface area contributed by atoms with Gasteiger partial charge in [0.05, 0.1) is 96.2 Å². The third-order valence-corrected chi connectivity index (χ3v) is 28.8. The molecule has 742 valence electrons. The predicted octanol–water partition coefficient (Wildman–Crippen LogP) is 27.7. The number of aryl methyl sites for hydroxylation is 4. The van der Waals surface area contributed by atoms with E-state index in [1.807, 2.05) is 136 Å². The van der Waals surface area contributed by atoms with E-state index in [0.29, 0.717) is 82.2 Å². The number of amidine groups is 3. The summed E-state index contributed by atoms with van der Waals surface area (Å²) >= 11 is 89.9. The Hall–Kier alpha value is -10.5. The van der Waals surface area contributed by atoms with Crippen LogP contribution in [0.1, 0.15) is 153 Å². The summed E-state index contributed by atoms with van der Waals surface area (Å²) in [4.78, 5) is 126. The van der Waals surface area contributed by atoms with Crippen molar-refractivity contribution in [1.82, 2.24) is 25.8 Å². The molecule has 0 spiro atoms. The number of carbonyl (C=O) groups is 9. The number of aliphatic imine (C=N–C) groups is 1. The van der Waals surface area contributed by atoms with Gasteiger partial charge < -0.3 is 40.8 Å². The van der Waals surface area contributed by atoms with Crippen molar-refractivity contribution >= 4 is 285 Å². The van der Waals surface area contributed by atoms with Gasteiger partial charge >= 0.3 is 5.97 Å². The Balaban J connectivity index is 0.000000194. The van der Waals surface area contributed by atoms with E-state index in [-0.39, 0.29) is 148 Å². The summed E-state index contributed by atoms with van der Waals surface area (Å²) in [7, 11) is 0. The highest BCUT2D eigenvalue weighted by Crippen LogP contribution is 2.51. The number of hydrogen-bond acceptors (Lipinski definition) is 17. The molecule has 3 aliphatic rings. The van der Waals surface area contributed by atoms with Gasteiger partial charge in [-0.2, -0.15) is 20.2 Å². The number of anilines is 6. The molecule has 41 heteroatoms. The van der Waals surface area contributed by atoms with E-state index in [1.165, 1.54) is 53.3 Å². The average Bonchev–Trinajstić information content (AvgIpc) is 1.62. The number of carbonyl (C=O) groups excluding carboxylic acids is 9.